The largest absolute Gasteiger partial charge is 0.497 e. The summed E-state index contributed by atoms with van der Waals surface area (Å²) in [4.78, 5) is 15.6. The maximum atomic E-state index is 13.1. The number of hydrogen-bond acceptors (Lipinski definition) is 3. The van der Waals surface area contributed by atoms with Gasteiger partial charge in [0.05, 0.1) is 7.11 Å². The molecule has 1 aliphatic heterocycles. The van der Waals surface area contributed by atoms with E-state index in [4.69, 9.17) is 4.74 Å². The maximum absolute atomic E-state index is 13.1. The molecule has 0 bridgehead atoms. The molecule has 4 rings (SSSR count). The van der Waals surface area contributed by atoms with Crippen LogP contribution < -0.4 is 4.74 Å². The molecule has 0 radical (unpaired) electrons. The van der Waals surface area contributed by atoms with Crippen LogP contribution in [-0.2, 0) is 0 Å². The third-order valence-corrected chi connectivity index (χ3v) is 5.65. The Bertz CT molecular complexity index is 779. The molecule has 2 aliphatic rings. The molecular weight excluding hydrogens is 310 g/mol. The summed E-state index contributed by atoms with van der Waals surface area (Å²) in [6.07, 6.45) is 3.76. The standard InChI is InChI=1S/C22H27NO2/c1-15-9-20(14-23(12-15)13-16-3-4-16)22(24)19-6-5-18-11-21(25-2)8-7-17(18)10-19/h5-8,10-11,15-16,20H,3-4,9,12-14H2,1-2H3/t15-,20+/m1/s1. The molecule has 3 nitrogen and oxygen atoms in total. The Morgan fingerprint density at radius 3 is 2.64 bits per heavy atom. The van der Waals surface area contributed by atoms with Gasteiger partial charge in [0.15, 0.2) is 5.78 Å². The molecule has 3 heteroatoms. The average molecular weight is 337 g/mol. The monoisotopic (exact) mass is 337 g/mol. The van der Waals surface area contributed by atoms with E-state index in [1.807, 2.05) is 36.4 Å². The highest BCUT2D eigenvalue weighted by atomic mass is 16.5. The Kier molecular flexibility index (Phi) is 4.51. The van der Waals surface area contributed by atoms with Crippen molar-refractivity contribution >= 4 is 16.6 Å². The topological polar surface area (TPSA) is 29.5 Å². The third kappa shape index (κ3) is 3.72. The molecule has 132 valence electrons. The smallest absolute Gasteiger partial charge is 0.167 e. The zero-order valence-corrected chi connectivity index (χ0v) is 15.2. The highest BCUT2D eigenvalue weighted by Gasteiger charge is 2.33. The number of piperidine rings is 1. The summed E-state index contributed by atoms with van der Waals surface area (Å²) < 4.78 is 5.28. The summed E-state index contributed by atoms with van der Waals surface area (Å²) in [7, 11) is 1.68. The lowest BCUT2D eigenvalue weighted by molar-refractivity contribution is 0.0745. The van der Waals surface area contributed by atoms with E-state index in [1.165, 1.54) is 19.4 Å². The predicted molar refractivity (Wildman–Crippen MR) is 101 cm³/mol. The van der Waals surface area contributed by atoms with E-state index in [-0.39, 0.29) is 5.92 Å². The zero-order chi connectivity index (χ0) is 17.4. The first kappa shape index (κ1) is 16.6. The zero-order valence-electron chi connectivity index (χ0n) is 15.2. The van der Waals surface area contributed by atoms with E-state index < -0.39 is 0 Å². The number of fused-ring (bicyclic) bond motifs is 1. The van der Waals surface area contributed by atoms with Crippen LogP contribution in [0, 0.1) is 17.8 Å². The molecule has 1 aliphatic carbocycles. The van der Waals surface area contributed by atoms with Crippen LogP contribution in [0.4, 0.5) is 0 Å². The Balaban J connectivity index is 1.53. The number of likely N-dealkylation sites (tertiary alicyclic amines) is 1. The predicted octanol–water partition coefficient (Wildman–Crippen LogP) is 4.40. The number of ether oxygens (including phenoxy) is 1. The van der Waals surface area contributed by atoms with Crippen LogP contribution in [0.2, 0.25) is 0 Å². The van der Waals surface area contributed by atoms with Crippen molar-refractivity contribution in [2.75, 3.05) is 26.7 Å². The molecule has 2 aromatic rings. The SMILES string of the molecule is COc1ccc2cc(C(=O)[C@H]3C[C@@H](C)CN(CC4CC4)C3)ccc2c1. The molecule has 0 aromatic heterocycles. The number of rotatable bonds is 5. The second-order valence-electron chi connectivity index (χ2n) is 7.99. The van der Waals surface area contributed by atoms with Crippen LogP contribution in [0.25, 0.3) is 10.8 Å². The Morgan fingerprint density at radius 2 is 1.88 bits per heavy atom. The van der Waals surface area contributed by atoms with Gasteiger partial charge < -0.3 is 9.64 Å². The minimum Gasteiger partial charge on any atom is -0.497 e. The molecule has 1 heterocycles. The molecule has 2 fully saturated rings. The van der Waals surface area contributed by atoms with E-state index in [1.54, 1.807) is 7.11 Å². The fourth-order valence-corrected chi connectivity index (χ4v) is 4.21. The first-order valence-corrected chi connectivity index (χ1v) is 9.47. The number of Topliss-reactive ketones (excluding diaryl/α,β-unsaturated/α-hetero) is 1. The fraction of sp³-hybridized carbons (Fsp3) is 0.500. The van der Waals surface area contributed by atoms with Crippen molar-refractivity contribution in [3.05, 3.63) is 42.0 Å². The highest BCUT2D eigenvalue weighted by Crippen LogP contribution is 2.33. The van der Waals surface area contributed by atoms with E-state index in [0.717, 1.165) is 47.5 Å². The first-order valence-electron chi connectivity index (χ1n) is 9.47. The summed E-state index contributed by atoms with van der Waals surface area (Å²) in [5, 5.41) is 2.22. The van der Waals surface area contributed by atoms with E-state index in [0.29, 0.717) is 11.7 Å². The highest BCUT2D eigenvalue weighted by molar-refractivity contribution is 6.01. The quantitative estimate of drug-likeness (QED) is 0.758. The van der Waals surface area contributed by atoms with E-state index in [9.17, 15) is 4.79 Å². The van der Waals surface area contributed by atoms with Gasteiger partial charge in [0.1, 0.15) is 5.75 Å². The molecule has 0 amide bonds. The lowest BCUT2D eigenvalue weighted by Gasteiger charge is -2.36. The van der Waals surface area contributed by atoms with Gasteiger partial charge in [-0.25, -0.2) is 0 Å². The lowest BCUT2D eigenvalue weighted by atomic mass is 9.84. The Hall–Kier alpha value is -1.87. The summed E-state index contributed by atoms with van der Waals surface area (Å²) in [6, 6.07) is 12.1. The van der Waals surface area contributed by atoms with Crippen molar-refractivity contribution in [1.82, 2.24) is 4.90 Å². The van der Waals surface area contributed by atoms with Crippen molar-refractivity contribution in [2.45, 2.75) is 26.2 Å². The molecule has 1 saturated carbocycles. The Morgan fingerprint density at radius 1 is 1.12 bits per heavy atom. The van der Waals surface area contributed by atoms with Gasteiger partial charge in [0.2, 0.25) is 0 Å². The van der Waals surface area contributed by atoms with Crippen LogP contribution in [0.5, 0.6) is 5.75 Å². The summed E-state index contributed by atoms with van der Waals surface area (Å²) >= 11 is 0. The second kappa shape index (κ2) is 6.80. The number of hydrogen-bond donors (Lipinski definition) is 0. The molecule has 25 heavy (non-hydrogen) atoms. The number of carbonyl (C=O) groups excluding carboxylic acids is 1. The second-order valence-corrected chi connectivity index (χ2v) is 7.99. The van der Waals surface area contributed by atoms with Crippen molar-refractivity contribution in [1.29, 1.82) is 0 Å². The number of carbonyl (C=O) groups is 1. The fourth-order valence-electron chi connectivity index (χ4n) is 4.21. The van der Waals surface area contributed by atoms with Crippen LogP contribution in [0.15, 0.2) is 36.4 Å². The van der Waals surface area contributed by atoms with Crippen molar-refractivity contribution in [3.63, 3.8) is 0 Å². The molecule has 0 unspecified atom stereocenters. The number of nitrogens with zero attached hydrogens (tertiary/aromatic N) is 1. The van der Waals surface area contributed by atoms with Crippen LogP contribution >= 0.6 is 0 Å². The van der Waals surface area contributed by atoms with Crippen LogP contribution in [0.3, 0.4) is 0 Å². The van der Waals surface area contributed by atoms with Gasteiger partial charge in [0, 0.05) is 31.1 Å². The molecule has 0 spiro atoms. The molecular formula is C22H27NO2. The summed E-state index contributed by atoms with van der Waals surface area (Å²) in [6.45, 7) is 5.55. The minimum atomic E-state index is 0.137. The van der Waals surface area contributed by atoms with Crippen molar-refractivity contribution in [3.8, 4) is 5.75 Å². The summed E-state index contributed by atoms with van der Waals surface area (Å²) in [5.41, 5.74) is 0.850. The first-order chi connectivity index (χ1) is 12.1. The number of benzene rings is 2. The minimum absolute atomic E-state index is 0.137. The van der Waals surface area contributed by atoms with E-state index in [2.05, 4.69) is 11.8 Å². The van der Waals surface area contributed by atoms with Crippen LogP contribution in [0.1, 0.15) is 36.5 Å². The van der Waals surface area contributed by atoms with Gasteiger partial charge in [-0.05, 0) is 60.1 Å². The molecule has 1 saturated heterocycles. The number of methoxy groups -OCH3 is 1. The van der Waals surface area contributed by atoms with Crippen LogP contribution in [-0.4, -0.2) is 37.4 Å². The molecule has 2 aromatic carbocycles. The van der Waals surface area contributed by atoms with Gasteiger partial charge in [-0.3, -0.25) is 4.79 Å². The summed E-state index contributed by atoms with van der Waals surface area (Å²) in [5.74, 6) is 2.79. The van der Waals surface area contributed by atoms with Gasteiger partial charge in [-0.2, -0.15) is 0 Å². The lowest BCUT2D eigenvalue weighted by Crippen LogP contribution is -2.43. The van der Waals surface area contributed by atoms with Gasteiger partial charge in [-0.15, -0.1) is 0 Å². The van der Waals surface area contributed by atoms with Gasteiger partial charge in [-0.1, -0.05) is 25.1 Å². The maximum Gasteiger partial charge on any atom is 0.167 e. The van der Waals surface area contributed by atoms with Gasteiger partial charge >= 0.3 is 0 Å². The molecule has 0 N–H and O–H groups in total. The van der Waals surface area contributed by atoms with Crippen molar-refractivity contribution in [2.24, 2.45) is 17.8 Å². The van der Waals surface area contributed by atoms with E-state index >= 15 is 0 Å². The van der Waals surface area contributed by atoms with Gasteiger partial charge in [0.25, 0.3) is 0 Å². The average Bonchev–Trinajstić information content (AvgIpc) is 3.43. The number of ketones is 1. The Labute approximate surface area is 150 Å². The third-order valence-electron chi connectivity index (χ3n) is 5.65. The normalized spacial score (nSPS) is 24.4. The molecule has 2 atom stereocenters. The van der Waals surface area contributed by atoms with Crippen molar-refractivity contribution < 1.29 is 9.53 Å².